The van der Waals surface area contributed by atoms with Crippen molar-refractivity contribution < 1.29 is 14.7 Å². The van der Waals surface area contributed by atoms with Gasteiger partial charge in [-0.25, -0.2) is 0 Å². The van der Waals surface area contributed by atoms with E-state index in [1.807, 2.05) is 24.3 Å². The highest BCUT2D eigenvalue weighted by atomic mass is 35.5. The molecular formula is C19H20ClNO3. The molecule has 1 aliphatic rings. The molecule has 1 unspecified atom stereocenters. The van der Waals surface area contributed by atoms with Crippen LogP contribution in [0.1, 0.15) is 59.4 Å². The normalized spacial score (nSPS) is 16.2. The molecule has 0 bridgehead atoms. The minimum atomic E-state index is -0.873. The zero-order chi connectivity index (χ0) is 17.3. The first-order valence-corrected chi connectivity index (χ1v) is 8.66. The van der Waals surface area contributed by atoms with E-state index in [-0.39, 0.29) is 5.78 Å². The molecule has 0 amide bonds. The van der Waals surface area contributed by atoms with Crippen LogP contribution in [0.3, 0.4) is 0 Å². The van der Waals surface area contributed by atoms with Gasteiger partial charge in [0.25, 0.3) is 0 Å². The number of rotatable bonds is 6. The summed E-state index contributed by atoms with van der Waals surface area (Å²) in [5.41, 5.74) is 2.81. The third kappa shape index (κ3) is 2.98. The molecule has 4 nitrogen and oxygen atoms in total. The molecule has 0 radical (unpaired) electrons. The van der Waals surface area contributed by atoms with Crippen molar-refractivity contribution in [2.75, 3.05) is 0 Å². The molecule has 3 rings (SSSR count). The lowest BCUT2D eigenvalue weighted by atomic mass is 10.0. The van der Waals surface area contributed by atoms with Gasteiger partial charge in [-0.05, 0) is 30.9 Å². The zero-order valence-electron chi connectivity index (χ0n) is 13.6. The minimum Gasteiger partial charge on any atom is -0.481 e. The summed E-state index contributed by atoms with van der Waals surface area (Å²) < 4.78 is 1.76. The van der Waals surface area contributed by atoms with Crippen LogP contribution in [0.5, 0.6) is 0 Å². The van der Waals surface area contributed by atoms with Crippen molar-refractivity contribution in [3.05, 3.63) is 57.9 Å². The van der Waals surface area contributed by atoms with Gasteiger partial charge in [-0.15, -0.1) is 0 Å². The molecule has 2 heterocycles. The molecule has 0 spiro atoms. The van der Waals surface area contributed by atoms with Crippen molar-refractivity contribution in [2.24, 2.45) is 0 Å². The summed E-state index contributed by atoms with van der Waals surface area (Å²) in [7, 11) is 0. The van der Waals surface area contributed by atoms with Gasteiger partial charge in [-0.3, -0.25) is 9.59 Å². The van der Waals surface area contributed by atoms with Crippen LogP contribution in [0, 0.1) is 0 Å². The fourth-order valence-electron chi connectivity index (χ4n) is 3.29. The number of carbonyl (C=O) groups is 2. The summed E-state index contributed by atoms with van der Waals surface area (Å²) in [5, 5.41) is 9.61. The summed E-state index contributed by atoms with van der Waals surface area (Å²) >= 11 is 6.24. The fraction of sp³-hybridized carbons (Fsp3) is 0.368. The topological polar surface area (TPSA) is 59.3 Å². The van der Waals surface area contributed by atoms with Gasteiger partial charge in [0, 0.05) is 17.8 Å². The van der Waals surface area contributed by atoms with Crippen molar-refractivity contribution >= 4 is 23.4 Å². The molecular weight excluding hydrogens is 326 g/mol. The second kappa shape index (κ2) is 6.81. The monoisotopic (exact) mass is 345 g/mol. The number of hydrogen-bond acceptors (Lipinski definition) is 2. The van der Waals surface area contributed by atoms with Crippen LogP contribution in [0.2, 0.25) is 5.02 Å². The van der Waals surface area contributed by atoms with Crippen molar-refractivity contribution in [3.8, 4) is 0 Å². The number of fused-ring (bicyclic) bond motifs is 1. The highest BCUT2D eigenvalue weighted by Crippen LogP contribution is 2.36. The first-order valence-electron chi connectivity index (χ1n) is 8.28. The second-order valence-corrected chi connectivity index (χ2v) is 6.63. The number of carbonyl (C=O) groups excluding carboxylic acids is 1. The maximum Gasteiger partial charge on any atom is 0.312 e. The Labute approximate surface area is 146 Å². The highest BCUT2D eigenvalue weighted by molar-refractivity contribution is 6.35. The summed E-state index contributed by atoms with van der Waals surface area (Å²) in [6.45, 7) is 2.66. The Morgan fingerprint density at radius 2 is 2.00 bits per heavy atom. The third-order valence-corrected chi connectivity index (χ3v) is 4.92. The maximum absolute atomic E-state index is 12.8. The van der Waals surface area contributed by atoms with Crippen molar-refractivity contribution in [3.63, 3.8) is 0 Å². The van der Waals surface area contributed by atoms with Gasteiger partial charge in [0.2, 0.25) is 5.78 Å². The van der Waals surface area contributed by atoms with Crippen LogP contribution >= 0.6 is 11.6 Å². The fourth-order valence-corrected chi connectivity index (χ4v) is 3.59. The summed E-state index contributed by atoms with van der Waals surface area (Å²) in [4.78, 5) is 24.1. The third-order valence-electron chi connectivity index (χ3n) is 4.63. The van der Waals surface area contributed by atoms with Crippen LogP contribution in [0.15, 0.2) is 30.3 Å². The number of nitrogens with zero attached hydrogens (tertiary/aromatic N) is 1. The standard InChI is InChI=1S/C19H20ClNO3/c1-2-3-4-12-5-7-13(8-6-12)18(22)17-15(20)11-16-14(19(23)24)9-10-21(16)17/h5-8,11,14H,2-4,9-10H2,1H3,(H,23,24). The first-order chi connectivity index (χ1) is 11.5. The Hall–Kier alpha value is -2.07. The number of unbranched alkanes of at least 4 members (excludes halogenated alkanes) is 1. The molecule has 1 N–H and O–H groups in total. The van der Waals surface area contributed by atoms with Gasteiger partial charge in [-0.2, -0.15) is 0 Å². The molecule has 0 saturated heterocycles. The number of benzene rings is 1. The molecule has 0 fully saturated rings. The molecule has 0 saturated carbocycles. The molecule has 0 aliphatic carbocycles. The van der Waals surface area contributed by atoms with E-state index in [0.717, 1.165) is 19.3 Å². The molecule has 1 aromatic heterocycles. The minimum absolute atomic E-state index is 0.153. The van der Waals surface area contributed by atoms with Gasteiger partial charge in [0.15, 0.2) is 0 Å². The molecule has 24 heavy (non-hydrogen) atoms. The quantitative estimate of drug-likeness (QED) is 0.794. The molecule has 1 aliphatic heterocycles. The molecule has 126 valence electrons. The molecule has 1 aromatic carbocycles. The van der Waals surface area contributed by atoms with Crippen molar-refractivity contribution in [2.45, 2.75) is 45.1 Å². The Balaban J connectivity index is 1.89. The van der Waals surface area contributed by atoms with Gasteiger partial charge >= 0.3 is 5.97 Å². The van der Waals surface area contributed by atoms with Crippen LogP contribution in [-0.2, 0) is 17.8 Å². The Kier molecular flexibility index (Phi) is 4.76. The van der Waals surface area contributed by atoms with Gasteiger partial charge in [0.05, 0.1) is 10.9 Å². The zero-order valence-corrected chi connectivity index (χ0v) is 14.3. The van der Waals surface area contributed by atoms with E-state index < -0.39 is 11.9 Å². The van der Waals surface area contributed by atoms with E-state index in [9.17, 15) is 14.7 Å². The summed E-state index contributed by atoms with van der Waals surface area (Å²) in [6, 6.07) is 9.23. The predicted molar refractivity (Wildman–Crippen MR) is 92.9 cm³/mol. The van der Waals surface area contributed by atoms with E-state index in [1.165, 1.54) is 5.56 Å². The number of carboxylic acids is 1. The lowest BCUT2D eigenvalue weighted by Gasteiger charge is -2.07. The Morgan fingerprint density at radius 1 is 1.29 bits per heavy atom. The lowest BCUT2D eigenvalue weighted by molar-refractivity contribution is -0.138. The van der Waals surface area contributed by atoms with Gasteiger partial charge in [-0.1, -0.05) is 49.2 Å². The van der Waals surface area contributed by atoms with Crippen LogP contribution in [0.4, 0.5) is 0 Å². The molecule has 2 aromatic rings. The summed E-state index contributed by atoms with van der Waals surface area (Å²) in [5.74, 6) is -1.61. The van der Waals surface area contributed by atoms with Crippen LogP contribution in [-0.4, -0.2) is 21.4 Å². The van der Waals surface area contributed by atoms with Gasteiger partial charge in [0.1, 0.15) is 5.69 Å². The number of hydrogen-bond donors (Lipinski definition) is 1. The number of aryl methyl sites for hydroxylation is 1. The smallest absolute Gasteiger partial charge is 0.312 e. The van der Waals surface area contributed by atoms with E-state index in [0.29, 0.717) is 34.9 Å². The van der Waals surface area contributed by atoms with Crippen molar-refractivity contribution in [1.29, 1.82) is 0 Å². The molecule has 1 atom stereocenters. The number of aromatic nitrogens is 1. The van der Waals surface area contributed by atoms with Crippen molar-refractivity contribution in [1.82, 2.24) is 4.57 Å². The van der Waals surface area contributed by atoms with Gasteiger partial charge < -0.3 is 9.67 Å². The second-order valence-electron chi connectivity index (χ2n) is 6.23. The Morgan fingerprint density at radius 3 is 2.62 bits per heavy atom. The lowest BCUT2D eigenvalue weighted by Crippen LogP contribution is -2.10. The number of aliphatic carboxylic acids is 1. The number of halogens is 1. The van der Waals surface area contributed by atoms with Crippen LogP contribution < -0.4 is 0 Å². The molecule has 5 heteroatoms. The van der Waals surface area contributed by atoms with E-state index in [4.69, 9.17) is 11.6 Å². The summed E-state index contributed by atoms with van der Waals surface area (Å²) in [6.07, 6.45) is 3.77. The Bertz CT molecular complexity index is 777. The predicted octanol–water partition coefficient (Wildman–Crippen LogP) is 4.29. The van der Waals surface area contributed by atoms with E-state index in [1.54, 1.807) is 10.6 Å². The SMILES string of the molecule is CCCCc1ccc(C(=O)c2c(Cl)cc3n2CCC3C(=O)O)cc1. The highest BCUT2D eigenvalue weighted by Gasteiger charge is 2.33. The maximum atomic E-state index is 12.8. The number of carboxylic acid groups (broad SMARTS) is 1. The largest absolute Gasteiger partial charge is 0.481 e. The van der Waals surface area contributed by atoms with Crippen LogP contribution in [0.25, 0.3) is 0 Å². The average Bonchev–Trinajstić information content (AvgIpc) is 3.10. The average molecular weight is 346 g/mol. The first kappa shape index (κ1) is 16.8. The van der Waals surface area contributed by atoms with E-state index >= 15 is 0 Å². The van der Waals surface area contributed by atoms with E-state index in [2.05, 4.69) is 6.92 Å². The number of ketones is 1.